The van der Waals surface area contributed by atoms with Crippen molar-refractivity contribution in [2.45, 2.75) is 30.1 Å². The number of hydrogen-bond acceptors (Lipinski definition) is 7. The van der Waals surface area contributed by atoms with E-state index >= 15 is 0 Å². The highest BCUT2D eigenvalue weighted by Crippen LogP contribution is 2.30. The monoisotopic (exact) mass is 556 g/mol. The van der Waals surface area contributed by atoms with Gasteiger partial charge in [-0.3, -0.25) is 18.8 Å². The molecule has 0 aliphatic carbocycles. The number of aryl methyl sites for hydroxylation is 2. The Morgan fingerprint density at radius 1 is 1.03 bits per heavy atom. The molecule has 3 aromatic rings. The van der Waals surface area contributed by atoms with Gasteiger partial charge in [-0.25, -0.2) is 9.78 Å². The lowest BCUT2D eigenvalue weighted by Crippen LogP contribution is -2.49. The molecule has 2 atom stereocenters. The van der Waals surface area contributed by atoms with Crippen molar-refractivity contribution in [3.63, 3.8) is 0 Å². The fourth-order valence-corrected chi connectivity index (χ4v) is 5.73. The molecule has 14 heteroatoms. The molecule has 1 aromatic carbocycles. The zero-order valence-corrected chi connectivity index (χ0v) is 22.0. The predicted octanol–water partition coefficient (Wildman–Crippen LogP) is 0.629. The first-order chi connectivity index (χ1) is 18.0. The maximum Gasteiger partial charge on any atom is 0.416 e. The van der Waals surface area contributed by atoms with Gasteiger partial charge in [-0.15, -0.1) is 0 Å². The Hall–Kier alpha value is -2.65. The minimum absolute atomic E-state index is 0.0461. The van der Waals surface area contributed by atoms with Crippen LogP contribution in [-0.4, -0.2) is 89.3 Å². The summed E-state index contributed by atoms with van der Waals surface area (Å²) in [6.07, 6.45) is -2.95. The second kappa shape index (κ2) is 11.6. The first-order valence-electron chi connectivity index (χ1n) is 12.2. The highest BCUT2D eigenvalue weighted by molar-refractivity contribution is 7.91. The second-order valence-corrected chi connectivity index (χ2v) is 11.0. The van der Waals surface area contributed by atoms with Gasteiger partial charge >= 0.3 is 11.9 Å². The molecule has 10 nitrogen and oxygen atoms in total. The summed E-state index contributed by atoms with van der Waals surface area (Å²) < 4.78 is 54.8. The van der Waals surface area contributed by atoms with Crippen LogP contribution in [0.25, 0.3) is 11.2 Å². The number of benzene rings is 1. The molecule has 4 rings (SSSR count). The van der Waals surface area contributed by atoms with E-state index < -0.39 is 34.7 Å². The lowest BCUT2D eigenvalue weighted by molar-refractivity contribution is -0.137. The van der Waals surface area contributed by atoms with Crippen molar-refractivity contribution in [3.8, 4) is 0 Å². The summed E-state index contributed by atoms with van der Waals surface area (Å²) in [6, 6.07) is 4.18. The molecule has 0 amide bonds. The number of fused-ring (bicyclic) bond motifs is 1. The molecule has 0 saturated carbocycles. The van der Waals surface area contributed by atoms with E-state index in [1.807, 2.05) is 0 Å². The van der Waals surface area contributed by atoms with Crippen molar-refractivity contribution in [1.29, 1.82) is 0 Å². The first-order valence-corrected chi connectivity index (χ1v) is 13.6. The van der Waals surface area contributed by atoms with Gasteiger partial charge in [-0.05, 0) is 48.4 Å². The van der Waals surface area contributed by atoms with E-state index in [2.05, 4.69) is 14.8 Å². The number of alkyl halides is 3. The molecule has 2 unspecified atom stereocenters. The van der Waals surface area contributed by atoms with E-state index in [0.717, 1.165) is 55.8 Å². The number of hydrogen-bond donors (Lipinski definition) is 1. The topological polar surface area (TPSA) is 112 Å². The number of aliphatic hydroxyl groups is 1. The van der Waals surface area contributed by atoms with Gasteiger partial charge in [0.1, 0.15) is 11.9 Å². The largest absolute Gasteiger partial charge is 0.611 e. The van der Waals surface area contributed by atoms with Crippen molar-refractivity contribution < 1.29 is 22.8 Å². The van der Waals surface area contributed by atoms with Gasteiger partial charge < -0.3 is 19.1 Å². The summed E-state index contributed by atoms with van der Waals surface area (Å²) >= 11 is -1.60. The number of nitrogens with zero attached hydrogens (tertiary/aromatic N) is 6. The number of halogens is 3. The van der Waals surface area contributed by atoms with Crippen molar-refractivity contribution in [2.75, 3.05) is 45.0 Å². The van der Waals surface area contributed by atoms with Gasteiger partial charge in [0.25, 0.3) is 5.56 Å². The normalized spacial score (nSPS) is 17.2. The predicted molar refractivity (Wildman–Crippen MR) is 136 cm³/mol. The Bertz CT molecular complexity index is 1360. The van der Waals surface area contributed by atoms with Crippen molar-refractivity contribution in [1.82, 2.24) is 28.5 Å². The highest BCUT2D eigenvalue weighted by atomic mass is 32.2. The molecule has 1 aliphatic rings. The van der Waals surface area contributed by atoms with Crippen LogP contribution in [0.15, 0.2) is 45.1 Å². The average Bonchev–Trinajstić information content (AvgIpc) is 3.31. The number of imidazole rings is 1. The van der Waals surface area contributed by atoms with Crippen LogP contribution in [0.1, 0.15) is 12.0 Å². The molecule has 0 bridgehead atoms. The summed E-state index contributed by atoms with van der Waals surface area (Å²) in [4.78, 5) is 33.5. The average molecular weight is 557 g/mol. The smallest absolute Gasteiger partial charge is 0.416 e. The first kappa shape index (κ1) is 28.4. The van der Waals surface area contributed by atoms with E-state index in [-0.39, 0.29) is 16.2 Å². The van der Waals surface area contributed by atoms with E-state index in [4.69, 9.17) is 0 Å². The van der Waals surface area contributed by atoms with Crippen LogP contribution in [0, 0.1) is 0 Å². The van der Waals surface area contributed by atoms with E-state index in [1.54, 1.807) is 17.9 Å². The van der Waals surface area contributed by atoms with Gasteiger partial charge in [0.15, 0.2) is 16.1 Å². The van der Waals surface area contributed by atoms with Gasteiger partial charge in [0.05, 0.1) is 11.9 Å². The molecular formula is C24H31F3N6O4S. The van der Waals surface area contributed by atoms with Crippen molar-refractivity contribution in [3.05, 3.63) is 57.0 Å². The van der Waals surface area contributed by atoms with Crippen molar-refractivity contribution in [2.24, 2.45) is 14.1 Å². The zero-order chi connectivity index (χ0) is 27.6. The molecule has 1 aliphatic heterocycles. The van der Waals surface area contributed by atoms with E-state index in [1.165, 1.54) is 23.7 Å². The lowest BCUT2D eigenvalue weighted by Gasteiger charge is -2.35. The molecule has 0 spiro atoms. The number of aliphatic hydroxyl groups excluding tert-OH is 1. The van der Waals surface area contributed by atoms with Crippen LogP contribution in [0.4, 0.5) is 13.2 Å². The van der Waals surface area contributed by atoms with Crippen molar-refractivity contribution >= 4 is 22.3 Å². The Morgan fingerprint density at radius 2 is 1.66 bits per heavy atom. The Kier molecular flexibility index (Phi) is 8.67. The minimum Gasteiger partial charge on any atom is -0.611 e. The third-order valence-corrected chi connectivity index (χ3v) is 8.30. The van der Waals surface area contributed by atoms with Crippen LogP contribution in [0.3, 0.4) is 0 Å². The molecule has 1 saturated heterocycles. The molecule has 208 valence electrons. The van der Waals surface area contributed by atoms with Crippen LogP contribution in [-0.2, 0) is 38.0 Å². The third kappa shape index (κ3) is 6.31. The van der Waals surface area contributed by atoms with Crippen LogP contribution >= 0.6 is 0 Å². The molecule has 38 heavy (non-hydrogen) atoms. The number of rotatable bonds is 9. The molecule has 1 N–H and O–H groups in total. The van der Waals surface area contributed by atoms with Crippen LogP contribution < -0.4 is 11.2 Å². The Morgan fingerprint density at radius 3 is 2.29 bits per heavy atom. The minimum atomic E-state index is -4.45. The molecule has 0 radical (unpaired) electrons. The molecule has 2 aromatic heterocycles. The maximum absolute atomic E-state index is 12.7. The second-order valence-electron chi connectivity index (χ2n) is 9.50. The summed E-state index contributed by atoms with van der Waals surface area (Å²) in [5, 5.41) is 10.4. The van der Waals surface area contributed by atoms with E-state index in [0.29, 0.717) is 24.3 Å². The van der Waals surface area contributed by atoms with Gasteiger partial charge in [-0.2, -0.15) is 13.2 Å². The van der Waals surface area contributed by atoms with Gasteiger partial charge in [0.2, 0.25) is 0 Å². The Labute approximate surface area is 220 Å². The molecular weight excluding hydrogens is 525 g/mol. The summed E-state index contributed by atoms with van der Waals surface area (Å²) in [7, 11) is 3.04. The highest BCUT2D eigenvalue weighted by Gasteiger charge is 2.31. The quantitative estimate of drug-likeness (QED) is 0.385. The summed E-state index contributed by atoms with van der Waals surface area (Å²) in [5.74, 6) is -0.0461. The van der Waals surface area contributed by atoms with Gasteiger partial charge in [-0.1, -0.05) is 0 Å². The number of β-amino-alcohol motifs (C(OH)–C–C–N with tert-alkyl or cyclic N) is 1. The number of piperazine rings is 1. The SMILES string of the molecule is Cn1c(=O)c2c(ncn2CCCN2CCN(CC(O)C[S+]([O-])c3ccc(C(F)(F)F)cc3)CC2)n(C)c1=O. The maximum atomic E-state index is 12.7. The van der Waals surface area contributed by atoms with Crippen LogP contribution in [0.2, 0.25) is 0 Å². The number of aromatic nitrogens is 4. The summed E-state index contributed by atoms with van der Waals surface area (Å²) in [6.45, 7) is 4.74. The summed E-state index contributed by atoms with van der Waals surface area (Å²) in [5.41, 5.74) is -0.813. The fourth-order valence-electron chi connectivity index (χ4n) is 4.64. The van der Waals surface area contributed by atoms with Crippen LogP contribution in [0.5, 0.6) is 0 Å². The standard InChI is InChI=1S/C24H31F3N6O4S/c1-29-21-20(22(35)30(2)23(29)36)33(16-28-21)9-3-8-31-10-12-32(13-11-31)14-18(34)15-38(37)19-6-4-17(5-7-19)24(25,26)27/h4-7,16,18,34H,3,8-15H2,1-2H3. The molecule has 1 fully saturated rings. The zero-order valence-electron chi connectivity index (χ0n) is 21.2. The fraction of sp³-hybridized carbons (Fsp3) is 0.542. The Balaban J connectivity index is 1.21. The van der Waals surface area contributed by atoms with Gasteiger partial charge in [0, 0.05) is 53.4 Å². The third-order valence-electron chi connectivity index (χ3n) is 6.81. The molecule has 3 heterocycles. The van der Waals surface area contributed by atoms with E-state index in [9.17, 15) is 32.4 Å². The lowest BCUT2D eigenvalue weighted by atomic mass is 10.2.